The van der Waals surface area contributed by atoms with E-state index in [1.165, 1.54) is 11.8 Å². The van der Waals surface area contributed by atoms with E-state index in [1.807, 2.05) is 24.3 Å². The molecule has 1 aromatic heterocycles. The maximum atomic E-state index is 11.3. The lowest BCUT2D eigenvalue weighted by Gasteiger charge is -2.16. The van der Waals surface area contributed by atoms with Crippen molar-refractivity contribution in [2.24, 2.45) is 4.99 Å². The van der Waals surface area contributed by atoms with Gasteiger partial charge in [0.1, 0.15) is 18.6 Å². The molecule has 0 saturated heterocycles. The Labute approximate surface area is 202 Å². The molecule has 0 radical (unpaired) electrons. The van der Waals surface area contributed by atoms with Crippen molar-refractivity contribution in [3.8, 4) is 5.75 Å². The number of rotatable bonds is 11. The van der Waals surface area contributed by atoms with E-state index in [0.717, 1.165) is 34.8 Å². The Kier molecular flexibility index (Phi) is 8.03. The number of thioether (sulfide) groups is 1. The van der Waals surface area contributed by atoms with Crippen LogP contribution < -0.4 is 4.74 Å². The summed E-state index contributed by atoms with van der Waals surface area (Å²) in [5.74, 6) is -0.537. The van der Waals surface area contributed by atoms with Crippen molar-refractivity contribution >= 4 is 22.8 Å². The Morgan fingerprint density at radius 2 is 1.91 bits per heavy atom. The standard InChI is InChI=1S/C26H28N2O5S/c1-17-24(34-26(27-17)20-6-4-18(5-7-20)3-2-13-29)16-32-21-10-8-19(9-11-21)22(15-25(30)31)23-12-14-33-28-23/h4-12,14,17,22,24,29H,2-3,13,15-16H2,1H3,(H,30,31)/t17?,22-,24?/m0/s1. The molecular formula is C26H28N2O5S. The average Bonchev–Trinajstić information content (AvgIpc) is 3.51. The van der Waals surface area contributed by atoms with Gasteiger partial charge in [0, 0.05) is 24.2 Å². The van der Waals surface area contributed by atoms with Crippen LogP contribution in [-0.2, 0) is 11.2 Å². The van der Waals surface area contributed by atoms with Gasteiger partial charge in [-0.05, 0) is 43.0 Å². The van der Waals surface area contributed by atoms with Crippen LogP contribution in [0.15, 0.2) is 70.4 Å². The number of aryl methyl sites for hydroxylation is 1. The highest BCUT2D eigenvalue weighted by Gasteiger charge is 2.28. The van der Waals surface area contributed by atoms with Gasteiger partial charge in [0.05, 0.1) is 28.5 Å². The normalized spacial score (nSPS) is 18.5. The first-order valence-corrected chi connectivity index (χ1v) is 12.2. The molecule has 3 atom stereocenters. The molecule has 2 unspecified atom stereocenters. The Balaban J connectivity index is 1.33. The summed E-state index contributed by atoms with van der Waals surface area (Å²) < 4.78 is 10.9. The fourth-order valence-corrected chi connectivity index (χ4v) is 5.08. The summed E-state index contributed by atoms with van der Waals surface area (Å²) in [6.45, 7) is 2.83. The lowest BCUT2D eigenvalue weighted by molar-refractivity contribution is -0.137. The van der Waals surface area contributed by atoms with Crippen LogP contribution in [0.5, 0.6) is 5.75 Å². The number of aliphatic hydroxyl groups is 1. The summed E-state index contributed by atoms with van der Waals surface area (Å²) in [6, 6.07) is 17.7. The van der Waals surface area contributed by atoms with E-state index in [-0.39, 0.29) is 30.2 Å². The third-order valence-corrected chi connectivity index (χ3v) is 7.23. The summed E-state index contributed by atoms with van der Waals surface area (Å²) in [7, 11) is 0. The Hall–Kier alpha value is -3.10. The molecule has 0 aliphatic carbocycles. The molecule has 2 heterocycles. The number of ether oxygens (including phenoxy) is 1. The van der Waals surface area contributed by atoms with Crippen molar-refractivity contribution in [3.63, 3.8) is 0 Å². The minimum absolute atomic E-state index is 0.0640. The van der Waals surface area contributed by atoms with E-state index >= 15 is 0 Å². The smallest absolute Gasteiger partial charge is 0.304 e. The van der Waals surface area contributed by atoms with E-state index in [2.05, 4.69) is 36.3 Å². The fourth-order valence-electron chi connectivity index (χ4n) is 3.90. The van der Waals surface area contributed by atoms with Gasteiger partial charge in [0.25, 0.3) is 0 Å². The number of hydrogen-bond acceptors (Lipinski definition) is 7. The molecule has 0 saturated carbocycles. The molecule has 0 bridgehead atoms. The maximum Gasteiger partial charge on any atom is 0.304 e. The number of aliphatic imine (C=N–C) groups is 1. The second-order valence-corrected chi connectivity index (χ2v) is 9.54. The number of carboxylic acids is 1. The summed E-state index contributed by atoms with van der Waals surface area (Å²) >= 11 is 1.73. The van der Waals surface area contributed by atoms with Gasteiger partial charge >= 0.3 is 5.97 Å². The van der Waals surface area contributed by atoms with Crippen LogP contribution in [0.4, 0.5) is 0 Å². The Bertz CT molecular complexity index is 1100. The van der Waals surface area contributed by atoms with E-state index in [4.69, 9.17) is 19.4 Å². The molecule has 178 valence electrons. The SMILES string of the molecule is CC1N=C(c2ccc(CCCO)cc2)SC1COc1ccc([C@H](CC(=O)O)c2ccon2)cc1. The molecule has 3 aromatic rings. The van der Waals surface area contributed by atoms with Crippen molar-refractivity contribution in [3.05, 3.63) is 83.2 Å². The van der Waals surface area contributed by atoms with Crippen LogP contribution in [0.3, 0.4) is 0 Å². The van der Waals surface area contributed by atoms with Crippen molar-refractivity contribution in [2.75, 3.05) is 13.2 Å². The number of carbonyl (C=O) groups is 1. The molecule has 1 aliphatic rings. The molecule has 0 fully saturated rings. The predicted octanol–water partition coefficient (Wildman–Crippen LogP) is 4.54. The van der Waals surface area contributed by atoms with Gasteiger partial charge < -0.3 is 19.5 Å². The van der Waals surface area contributed by atoms with Crippen LogP contribution in [0, 0.1) is 0 Å². The van der Waals surface area contributed by atoms with E-state index < -0.39 is 5.97 Å². The first-order valence-electron chi connectivity index (χ1n) is 11.3. The molecular weight excluding hydrogens is 452 g/mol. The van der Waals surface area contributed by atoms with Crippen LogP contribution in [0.25, 0.3) is 0 Å². The van der Waals surface area contributed by atoms with Gasteiger partial charge in [-0.1, -0.05) is 53.3 Å². The van der Waals surface area contributed by atoms with Crippen LogP contribution in [-0.4, -0.2) is 50.9 Å². The van der Waals surface area contributed by atoms with Gasteiger partial charge in [-0.3, -0.25) is 9.79 Å². The summed E-state index contributed by atoms with van der Waals surface area (Å²) in [4.78, 5) is 16.1. The van der Waals surface area contributed by atoms with Gasteiger partial charge in [0.2, 0.25) is 0 Å². The molecule has 4 rings (SSSR count). The zero-order chi connectivity index (χ0) is 23.9. The van der Waals surface area contributed by atoms with Crippen molar-refractivity contribution in [2.45, 2.75) is 43.4 Å². The summed E-state index contributed by atoms with van der Waals surface area (Å²) in [5.41, 5.74) is 3.76. The lowest BCUT2D eigenvalue weighted by atomic mass is 9.92. The second-order valence-electron chi connectivity index (χ2n) is 8.31. The number of benzene rings is 2. The summed E-state index contributed by atoms with van der Waals surface area (Å²) in [6.07, 6.45) is 3.03. The highest BCUT2D eigenvalue weighted by molar-refractivity contribution is 8.15. The molecule has 1 aliphatic heterocycles. The maximum absolute atomic E-state index is 11.3. The number of aliphatic carboxylic acids is 1. The Morgan fingerprint density at radius 1 is 1.15 bits per heavy atom. The number of nitrogens with zero attached hydrogens (tertiary/aromatic N) is 2. The van der Waals surface area contributed by atoms with Crippen LogP contribution in [0.2, 0.25) is 0 Å². The monoisotopic (exact) mass is 480 g/mol. The summed E-state index contributed by atoms with van der Waals surface area (Å²) in [5, 5.41) is 23.4. The van der Waals surface area contributed by atoms with Gasteiger partial charge in [-0.25, -0.2) is 0 Å². The van der Waals surface area contributed by atoms with E-state index in [1.54, 1.807) is 17.8 Å². The first-order chi connectivity index (χ1) is 16.5. The zero-order valence-electron chi connectivity index (χ0n) is 19.0. The first kappa shape index (κ1) is 24.0. The van der Waals surface area contributed by atoms with Crippen molar-refractivity contribution < 1.29 is 24.3 Å². The average molecular weight is 481 g/mol. The molecule has 2 N–H and O–H groups in total. The highest BCUT2D eigenvalue weighted by atomic mass is 32.2. The third-order valence-electron chi connectivity index (χ3n) is 5.84. The van der Waals surface area contributed by atoms with Crippen LogP contribution >= 0.6 is 11.8 Å². The van der Waals surface area contributed by atoms with Crippen molar-refractivity contribution in [1.29, 1.82) is 0 Å². The number of carboxylic acid groups (broad SMARTS) is 1. The molecule has 0 amide bonds. The lowest BCUT2D eigenvalue weighted by Crippen LogP contribution is -2.22. The van der Waals surface area contributed by atoms with Gasteiger partial charge in [0.15, 0.2) is 0 Å². The molecule has 8 heteroatoms. The molecule has 34 heavy (non-hydrogen) atoms. The topological polar surface area (TPSA) is 105 Å². The zero-order valence-corrected chi connectivity index (χ0v) is 19.8. The molecule has 2 aromatic carbocycles. The van der Waals surface area contributed by atoms with E-state index in [9.17, 15) is 9.90 Å². The fraction of sp³-hybridized carbons (Fsp3) is 0.346. The highest BCUT2D eigenvalue weighted by Crippen LogP contribution is 2.32. The predicted molar refractivity (Wildman–Crippen MR) is 132 cm³/mol. The third kappa shape index (κ3) is 6.07. The molecule has 7 nitrogen and oxygen atoms in total. The minimum Gasteiger partial charge on any atom is -0.492 e. The number of aliphatic hydroxyl groups excluding tert-OH is 1. The van der Waals surface area contributed by atoms with E-state index in [0.29, 0.717) is 12.3 Å². The Morgan fingerprint density at radius 3 is 2.56 bits per heavy atom. The number of hydrogen-bond donors (Lipinski definition) is 2. The van der Waals surface area contributed by atoms with Gasteiger partial charge in [-0.15, -0.1) is 0 Å². The van der Waals surface area contributed by atoms with Crippen molar-refractivity contribution in [1.82, 2.24) is 5.16 Å². The van der Waals surface area contributed by atoms with Gasteiger partial charge in [-0.2, -0.15) is 0 Å². The minimum atomic E-state index is -0.892. The second kappa shape index (κ2) is 11.4. The molecule has 0 spiro atoms. The number of aromatic nitrogens is 1. The largest absolute Gasteiger partial charge is 0.492 e. The quantitative estimate of drug-likeness (QED) is 0.415. The van der Waals surface area contributed by atoms with Crippen LogP contribution in [0.1, 0.15) is 48.1 Å².